The van der Waals surface area contributed by atoms with Crippen LogP contribution in [-0.4, -0.2) is 33.0 Å². The van der Waals surface area contributed by atoms with E-state index in [0.29, 0.717) is 5.11 Å². The summed E-state index contributed by atoms with van der Waals surface area (Å²) in [6, 6.07) is 5.76. The molecule has 0 bridgehead atoms. The summed E-state index contributed by atoms with van der Waals surface area (Å²) in [5.41, 5.74) is 5.64. The van der Waals surface area contributed by atoms with Gasteiger partial charge in [0.25, 0.3) is 0 Å². The molecule has 0 unspecified atom stereocenters. The maximum Gasteiger partial charge on any atom is 0.185 e. The van der Waals surface area contributed by atoms with E-state index in [2.05, 4.69) is 19.5 Å². The molecule has 0 saturated heterocycles. The second-order valence-electron chi connectivity index (χ2n) is 3.43. The third kappa shape index (κ3) is 2.63. The zero-order valence-electron chi connectivity index (χ0n) is 8.89. The number of thiocarbonyl (C=S) groups is 1. The number of anilines is 1. The number of fused-ring (bicyclic) bond motifs is 1. The van der Waals surface area contributed by atoms with Gasteiger partial charge in [0, 0.05) is 19.8 Å². The Bertz CT molecular complexity index is 507. The lowest BCUT2D eigenvalue weighted by Gasteiger charge is -2.15. The summed E-state index contributed by atoms with van der Waals surface area (Å²) in [5.74, 6) is 0. The topological polar surface area (TPSA) is 53.1 Å². The summed E-state index contributed by atoms with van der Waals surface area (Å²) >= 11 is 6.32. The predicted molar refractivity (Wildman–Crippen MR) is 70.5 cm³/mol. The maximum absolute atomic E-state index is 5.12. The molecule has 7 heteroatoms. The van der Waals surface area contributed by atoms with Crippen LogP contribution in [0.5, 0.6) is 0 Å². The Morgan fingerprint density at radius 3 is 2.81 bits per heavy atom. The Morgan fingerprint density at radius 2 is 2.06 bits per heavy atom. The van der Waals surface area contributed by atoms with E-state index in [-0.39, 0.29) is 0 Å². The van der Waals surface area contributed by atoms with Crippen LogP contribution in [0, 0.1) is 0 Å². The molecule has 1 aromatic carbocycles. The van der Waals surface area contributed by atoms with Crippen LogP contribution < -0.4 is 10.7 Å². The SMILES string of the molecule is CN(C)NC(=S)Nc1ccc2nsnc2c1. The van der Waals surface area contributed by atoms with Gasteiger partial charge in [-0.05, 0) is 30.4 Å². The van der Waals surface area contributed by atoms with Gasteiger partial charge >= 0.3 is 0 Å². The van der Waals surface area contributed by atoms with Gasteiger partial charge in [-0.25, -0.2) is 5.01 Å². The van der Waals surface area contributed by atoms with Crippen molar-refractivity contribution in [3.63, 3.8) is 0 Å². The molecule has 0 aliphatic carbocycles. The molecule has 0 atom stereocenters. The summed E-state index contributed by atoms with van der Waals surface area (Å²) in [4.78, 5) is 0. The third-order valence-electron chi connectivity index (χ3n) is 1.84. The molecule has 0 fully saturated rings. The van der Waals surface area contributed by atoms with Gasteiger partial charge < -0.3 is 5.32 Å². The Balaban J connectivity index is 2.11. The van der Waals surface area contributed by atoms with E-state index in [0.717, 1.165) is 16.7 Å². The number of rotatable bonds is 2. The molecular weight excluding hydrogens is 242 g/mol. The van der Waals surface area contributed by atoms with Gasteiger partial charge in [0.2, 0.25) is 0 Å². The number of benzene rings is 1. The first-order valence-corrected chi connectivity index (χ1v) is 5.76. The highest BCUT2D eigenvalue weighted by atomic mass is 32.1. The normalized spacial score (nSPS) is 10.7. The fraction of sp³-hybridized carbons (Fsp3) is 0.222. The van der Waals surface area contributed by atoms with E-state index in [4.69, 9.17) is 12.2 Å². The van der Waals surface area contributed by atoms with Crippen LogP contribution >= 0.6 is 23.9 Å². The molecule has 0 spiro atoms. The molecule has 2 aromatic rings. The lowest BCUT2D eigenvalue weighted by molar-refractivity contribution is 0.365. The molecular formula is C9H11N5S2. The van der Waals surface area contributed by atoms with E-state index in [9.17, 15) is 0 Å². The molecule has 2 N–H and O–H groups in total. The van der Waals surface area contributed by atoms with Crippen LogP contribution in [0.3, 0.4) is 0 Å². The Hall–Kier alpha value is -1.31. The zero-order chi connectivity index (χ0) is 11.5. The minimum Gasteiger partial charge on any atom is -0.332 e. The van der Waals surface area contributed by atoms with Gasteiger partial charge in [0.15, 0.2) is 5.11 Å². The van der Waals surface area contributed by atoms with E-state index in [1.165, 1.54) is 11.7 Å². The minimum atomic E-state index is 0.549. The van der Waals surface area contributed by atoms with Gasteiger partial charge in [0.1, 0.15) is 11.0 Å². The summed E-state index contributed by atoms with van der Waals surface area (Å²) in [6.07, 6.45) is 0. The van der Waals surface area contributed by atoms with Crippen molar-refractivity contribution >= 4 is 45.8 Å². The Morgan fingerprint density at radius 1 is 1.31 bits per heavy atom. The van der Waals surface area contributed by atoms with Gasteiger partial charge in [-0.3, -0.25) is 5.43 Å². The van der Waals surface area contributed by atoms with Crippen LogP contribution in [0.15, 0.2) is 18.2 Å². The molecule has 84 valence electrons. The highest BCUT2D eigenvalue weighted by molar-refractivity contribution is 7.80. The van der Waals surface area contributed by atoms with E-state index in [1.807, 2.05) is 32.3 Å². The van der Waals surface area contributed by atoms with Gasteiger partial charge in [0.05, 0.1) is 11.7 Å². The van der Waals surface area contributed by atoms with Crippen molar-refractivity contribution in [1.29, 1.82) is 0 Å². The molecule has 16 heavy (non-hydrogen) atoms. The fourth-order valence-corrected chi connectivity index (χ4v) is 2.04. The monoisotopic (exact) mass is 253 g/mol. The van der Waals surface area contributed by atoms with Crippen LogP contribution in [0.1, 0.15) is 0 Å². The van der Waals surface area contributed by atoms with Crippen molar-refractivity contribution in [2.75, 3.05) is 19.4 Å². The van der Waals surface area contributed by atoms with Crippen LogP contribution in [0.2, 0.25) is 0 Å². The Kier molecular flexibility index (Phi) is 3.28. The van der Waals surface area contributed by atoms with Crippen LogP contribution in [0.4, 0.5) is 5.69 Å². The lowest BCUT2D eigenvalue weighted by Crippen LogP contribution is -2.38. The average molecular weight is 253 g/mol. The molecule has 0 aliphatic rings. The predicted octanol–water partition coefficient (Wildman–Crippen LogP) is 1.45. The van der Waals surface area contributed by atoms with E-state index < -0.39 is 0 Å². The largest absolute Gasteiger partial charge is 0.332 e. The maximum atomic E-state index is 5.12. The van der Waals surface area contributed by atoms with Crippen molar-refractivity contribution in [2.24, 2.45) is 0 Å². The highest BCUT2D eigenvalue weighted by Crippen LogP contribution is 2.16. The molecule has 0 saturated carbocycles. The summed E-state index contributed by atoms with van der Waals surface area (Å²) in [7, 11) is 3.75. The van der Waals surface area contributed by atoms with E-state index >= 15 is 0 Å². The van der Waals surface area contributed by atoms with Crippen LogP contribution in [0.25, 0.3) is 11.0 Å². The lowest BCUT2D eigenvalue weighted by atomic mass is 10.3. The second kappa shape index (κ2) is 4.69. The molecule has 0 radical (unpaired) electrons. The minimum absolute atomic E-state index is 0.549. The molecule has 1 heterocycles. The van der Waals surface area contributed by atoms with Crippen molar-refractivity contribution < 1.29 is 0 Å². The molecule has 5 nitrogen and oxygen atoms in total. The summed E-state index contributed by atoms with van der Waals surface area (Å²) in [6.45, 7) is 0. The smallest absolute Gasteiger partial charge is 0.185 e. The van der Waals surface area contributed by atoms with Gasteiger partial charge in [-0.2, -0.15) is 8.75 Å². The number of nitrogens with one attached hydrogen (secondary N) is 2. The van der Waals surface area contributed by atoms with E-state index in [1.54, 1.807) is 5.01 Å². The number of hydrazine groups is 1. The standard InChI is InChI=1S/C9H11N5S2/c1-14(2)11-9(15)10-6-3-4-7-8(5-6)13-16-12-7/h3-5H,1-2H3,(H2,10,11,15). The van der Waals surface area contributed by atoms with Crippen molar-refractivity contribution in [2.45, 2.75) is 0 Å². The van der Waals surface area contributed by atoms with Crippen molar-refractivity contribution in [3.8, 4) is 0 Å². The first kappa shape index (κ1) is 11.2. The number of nitrogens with zero attached hydrogens (tertiary/aromatic N) is 3. The van der Waals surface area contributed by atoms with Crippen LogP contribution in [-0.2, 0) is 0 Å². The molecule has 1 aromatic heterocycles. The fourth-order valence-electron chi connectivity index (χ4n) is 1.22. The van der Waals surface area contributed by atoms with Gasteiger partial charge in [-0.15, -0.1) is 0 Å². The highest BCUT2D eigenvalue weighted by Gasteiger charge is 2.02. The van der Waals surface area contributed by atoms with Crippen molar-refractivity contribution in [1.82, 2.24) is 19.2 Å². The number of hydrogen-bond acceptors (Lipinski definition) is 5. The summed E-state index contributed by atoms with van der Waals surface area (Å²) < 4.78 is 8.30. The average Bonchev–Trinajstić information content (AvgIpc) is 2.63. The quantitative estimate of drug-likeness (QED) is 0.624. The number of hydrogen-bond donors (Lipinski definition) is 2. The third-order valence-corrected chi connectivity index (χ3v) is 2.59. The second-order valence-corrected chi connectivity index (χ2v) is 4.36. The zero-order valence-corrected chi connectivity index (χ0v) is 10.5. The summed E-state index contributed by atoms with van der Waals surface area (Å²) in [5, 5.41) is 5.40. The van der Waals surface area contributed by atoms with Crippen molar-refractivity contribution in [3.05, 3.63) is 18.2 Å². The number of aromatic nitrogens is 2. The molecule has 0 amide bonds. The molecule has 0 aliphatic heterocycles. The van der Waals surface area contributed by atoms with Gasteiger partial charge in [-0.1, -0.05) is 0 Å². The molecule has 2 rings (SSSR count). The first-order valence-electron chi connectivity index (χ1n) is 4.62. The Labute approximate surface area is 103 Å². The first-order chi connectivity index (χ1) is 7.65.